The molecule has 2 atom stereocenters. The van der Waals surface area contributed by atoms with Crippen LogP contribution in [0.25, 0.3) is 0 Å². The van der Waals surface area contributed by atoms with Crippen molar-refractivity contribution in [2.75, 3.05) is 19.7 Å². The van der Waals surface area contributed by atoms with Crippen molar-refractivity contribution in [3.05, 3.63) is 65.2 Å². The van der Waals surface area contributed by atoms with E-state index in [0.717, 1.165) is 5.56 Å². The fourth-order valence-electron chi connectivity index (χ4n) is 3.99. The molecule has 32 heavy (non-hydrogen) atoms. The first kappa shape index (κ1) is 21.6. The van der Waals surface area contributed by atoms with Crippen LogP contribution in [0.3, 0.4) is 0 Å². The van der Waals surface area contributed by atoms with Gasteiger partial charge in [0.2, 0.25) is 0 Å². The second-order valence-corrected chi connectivity index (χ2v) is 7.40. The fourth-order valence-corrected chi connectivity index (χ4v) is 3.99. The van der Waals surface area contributed by atoms with Crippen LogP contribution in [0.1, 0.15) is 42.6 Å². The Bertz CT molecular complexity index is 1010. The van der Waals surface area contributed by atoms with Gasteiger partial charge in [-0.05, 0) is 42.7 Å². The topological polar surface area (TPSA) is 97.4 Å². The lowest BCUT2D eigenvalue weighted by atomic mass is 9.91. The van der Waals surface area contributed by atoms with Gasteiger partial charge in [-0.1, -0.05) is 36.4 Å². The van der Waals surface area contributed by atoms with Gasteiger partial charge in [0.1, 0.15) is 18.4 Å². The lowest BCUT2D eigenvalue weighted by molar-refractivity contribution is -0.149. The molecule has 2 aromatic rings. The zero-order chi connectivity index (χ0) is 22.7. The van der Waals surface area contributed by atoms with Crippen LogP contribution in [0.2, 0.25) is 0 Å². The Morgan fingerprint density at radius 3 is 2.59 bits per heavy atom. The van der Waals surface area contributed by atoms with Gasteiger partial charge < -0.3 is 19.7 Å². The smallest absolute Gasteiger partial charge is 0.412 e. The summed E-state index contributed by atoms with van der Waals surface area (Å²) >= 11 is 0. The third-order valence-corrected chi connectivity index (χ3v) is 5.37. The van der Waals surface area contributed by atoms with E-state index in [0.29, 0.717) is 23.4 Å². The van der Waals surface area contributed by atoms with Crippen LogP contribution in [0.15, 0.2) is 48.5 Å². The van der Waals surface area contributed by atoms with E-state index < -0.39 is 30.2 Å². The average molecular weight is 439 g/mol. The number of ether oxygens (including phenoxy) is 2. The summed E-state index contributed by atoms with van der Waals surface area (Å²) in [5, 5.41) is 3.87. The zero-order valence-electron chi connectivity index (χ0n) is 17.9. The molecule has 0 aromatic heterocycles. The van der Waals surface area contributed by atoms with Crippen molar-refractivity contribution in [2.45, 2.75) is 32.5 Å². The van der Waals surface area contributed by atoms with Gasteiger partial charge in [0.25, 0.3) is 0 Å². The highest BCUT2D eigenvalue weighted by atomic mass is 16.7. The van der Waals surface area contributed by atoms with Crippen LogP contribution in [-0.2, 0) is 21.0 Å². The van der Waals surface area contributed by atoms with Crippen molar-refractivity contribution < 1.29 is 28.7 Å². The van der Waals surface area contributed by atoms with E-state index in [9.17, 15) is 14.4 Å². The third-order valence-electron chi connectivity index (χ3n) is 5.37. The SMILES string of the molecule is CCNC(=O)Oc1ccc2c(c1)[C@H]1CN(C(=O)N1OCc1ccccc1)C2C(=O)OCC. The molecule has 0 radical (unpaired) electrons. The van der Waals surface area contributed by atoms with Gasteiger partial charge in [-0.3, -0.25) is 4.84 Å². The molecule has 0 spiro atoms. The molecule has 0 aliphatic carbocycles. The first-order valence-electron chi connectivity index (χ1n) is 10.6. The quantitative estimate of drug-likeness (QED) is 0.665. The highest BCUT2D eigenvalue weighted by Gasteiger charge is 2.51. The number of carbonyl (C=O) groups is 3. The number of urea groups is 1. The summed E-state index contributed by atoms with van der Waals surface area (Å²) in [5.41, 5.74) is 2.22. The maximum atomic E-state index is 13.2. The predicted molar refractivity (Wildman–Crippen MR) is 113 cm³/mol. The molecule has 168 valence electrons. The molecule has 1 N–H and O–H groups in total. The van der Waals surface area contributed by atoms with Gasteiger partial charge in [0.05, 0.1) is 13.2 Å². The standard InChI is InChI=1S/C23H25N3O6/c1-3-24-22(28)32-16-10-11-17-18(12-16)19-13-25(20(17)21(27)30-4-2)23(29)26(19)31-14-15-8-6-5-7-9-15/h5-12,19-20H,3-4,13-14H2,1-2H3,(H,24,28)/t19-,20?/m1/s1. The summed E-state index contributed by atoms with van der Waals surface area (Å²) in [6.07, 6.45) is -0.577. The highest BCUT2D eigenvalue weighted by molar-refractivity contribution is 5.88. The van der Waals surface area contributed by atoms with Crippen LogP contribution >= 0.6 is 0 Å². The number of hydrogen-bond donors (Lipinski definition) is 1. The Balaban J connectivity index is 1.66. The number of carbonyl (C=O) groups excluding carboxylic acids is 3. The van der Waals surface area contributed by atoms with E-state index in [1.54, 1.807) is 32.0 Å². The van der Waals surface area contributed by atoms with Crippen LogP contribution < -0.4 is 10.1 Å². The lowest BCUT2D eigenvalue weighted by Crippen LogP contribution is -2.39. The highest BCUT2D eigenvalue weighted by Crippen LogP contribution is 2.45. The Hall–Kier alpha value is -3.59. The number of fused-ring (bicyclic) bond motifs is 4. The second-order valence-electron chi connectivity index (χ2n) is 7.40. The maximum Gasteiger partial charge on any atom is 0.412 e. The van der Waals surface area contributed by atoms with Gasteiger partial charge in [-0.2, -0.15) is 5.06 Å². The lowest BCUT2D eigenvalue weighted by Gasteiger charge is -2.31. The third kappa shape index (κ3) is 4.11. The molecule has 0 saturated carbocycles. The largest absolute Gasteiger partial charge is 0.464 e. The molecule has 1 fully saturated rings. The molecule has 2 aliphatic heterocycles. The maximum absolute atomic E-state index is 13.2. The number of esters is 1. The number of amides is 3. The minimum atomic E-state index is -0.891. The monoisotopic (exact) mass is 439 g/mol. The molecule has 2 bridgehead atoms. The molecule has 4 rings (SSSR count). The molecule has 2 aliphatic rings. The Morgan fingerprint density at radius 1 is 1.09 bits per heavy atom. The number of nitrogens with one attached hydrogen (secondary N) is 1. The van der Waals surface area contributed by atoms with E-state index in [2.05, 4.69) is 5.32 Å². The Kier molecular flexibility index (Phi) is 6.27. The average Bonchev–Trinajstić information content (AvgIpc) is 3.06. The number of nitrogens with zero attached hydrogens (tertiary/aromatic N) is 2. The first-order chi connectivity index (χ1) is 15.5. The van der Waals surface area contributed by atoms with Gasteiger partial charge in [0.15, 0.2) is 6.04 Å². The second kappa shape index (κ2) is 9.27. The molecule has 1 saturated heterocycles. The predicted octanol–water partition coefficient (Wildman–Crippen LogP) is 3.32. The summed E-state index contributed by atoms with van der Waals surface area (Å²) in [5.74, 6) is -0.198. The van der Waals surface area contributed by atoms with Gasteiger partial charge in [-0.25, -0.2) is 14.4 Å². The number of benzene rings is 2. The van der Waals surface area contributed by atoms with E-state index in [1.165, 1.54) is 9.96 Å². The summed E-state index contributed by atoms with van der Waals surface area (Å²) < 4.78 is 10.6. The summed E-state index contributed by atoms with van der Waals surface area (Å²) in [4.78, 5) is 45.1. The first-order valence-corrected chi connectivity index (χ1v) is 10.6. The number of hydroxylamine groups is 2. The van der Waals surface area contributed by atoms with Gasteiger partial charge in [-0.15, -0.1) is 0 Å². The minimum absolute atomic E-state index is 0.197. The Morgan fingerprint density at radius 2 is 1.88 bits per heavy atom. The minimum Gasteiger partial charge on any atom is -0.464 e. The van der Waals surface area contributed by atoms with Crippen molar-refractivity contribution in [2.24, 2.45) is 0 Å². The van der Waals surface area contributed by atoms with Gasteiger partial charge >= 0.3 is 18.1 Å². The number of rotatable bonds is 7. The van der Waals surface area contributed by atoms with Crippen LogP contribution in [-0.4, -0.2) is 47.8 Å². The summed E-state index contributed by atoms with van der Waals surface area (Å²) in [6.45, 7) is 4.60. The molecular formula is C23H25N3O6. The van der Waals surface area contributed by atoms with Crippen LogP contribution in [0.4, 0.5) is 9.59 Å². The van der Waals surface area contributed by atoms with E-state index in [-0.39, 0.29) is 19.8 Å². The molecule has 3 amide bonds. The van der Waals surface area contributed by atoms with Gasteiger partial charge in [0, 0.05) is 6.54 Å². The molecule has 9 heteroatoms. The molecule has 2 heterocycles. The molecule has 2 aromatic carbocycles. The van der Waals surface area contributed by atoms with E-state index in [1.807, 2.05) is 30.3 Å². The van der Waals surface area contributed by atoms with Crippen molar-refractivity contribution >= 4 is 18.1 Å². The Labute approximate surface area is 185 Å². The van der Waals surface area contributed by atoms with E-state index >= 15 is 0 Å². The van der Waals surface area contributed by atoms with Crippen molar-refractivity contribution in [1.29, 1.82) is 0 Å². The fraction of sp³-hybridized carbons (Fsp3) is 0.348. The van der Waals surface area contributed by atoms with Crippen molar-refractivity contribution in [1.82, 2.24) is 15.3 Å². The molecule has 9 nitrogen and oxygen atoms in total. The van der Waals surface area contributed by atoms with Crippen molar-refractivity contribution in [3.63, 3.8) is 0 Å². The molecular weight excluding hydrogens is 414 g/mol. The summed E-state index contributed by atoms with van der Waals surface area (Å²) in [6, 6.07) is 12.7. The number of hydrogen-bond acceptors (Lipinski definition) is 6. The van der Waals surface area contributed by atoms with Crippen molar-refractivity contribution in [3.8, 4) is 5.75 Å². The van der Waals surface area contributed by atoms with E-state index in [4.69, 9.17) is 14.3 Å². The van der Waals surface area contributed by atoms with Crippen LogP contribution in [0, 0.1) is 0 Å². The molecule has 1 unspecified atom stereocenters. The normalized spacial score (nSPS) is 18.9. The summed E-state index contributed by atoms with van der Waals surface area (Å²) in [7, 11) is 0. The van der Waals surface area contributed by atoms with Crippen LogP contribution in [0.5, 0.6) is 5.75 Å². The zero-order valence-corrected chi connectivity index (χ0v) is 17.9.